The summed E-state index contributed by atoms with van der Waals surface area (Å²) < 4.78 is 16.2. The summed E-state index contributed by atoms with van der Waals surface area (Å²) in [5, 5.41) is 3.92. The van der Waals surface area contributed by atoms with Crippen molar-refractivity contribution >= 4 is 22.5 Å². The quantitative estimate of drug-likeness (QED) is 0.767. The topological polar surface area (TPSA) is 72.6 Å². The minimum atomic E-state index is -0.0894. The summed E-state index contributed by atoms with van der Waals surface area (Å²) in [7, 11) is 1.63. The molecule has 0 saturated heterocycles. The Bertz CT molecular complexity index is 932. The monoisotopic (exact) mass is 338 g/mol. The van der Waals surface area contributed by atoms with E-state index in [1.807, 2.05) is 36.5 Å². The molecule has 2 heterocycles. The third kappa shape index (κ3) is 3.10. The van der Waals surface area contributed by atoms with Gasteiger partial charge in [-0.2, -0.15) is 0 Å². The molecule has 0 spiro atoms. The van der Waals surface area contributed by atoms with Crippen molar-refractivity contribution in [2.24, 2.45) is 0 Å². The first-order valence-corrected chi connectivity index (χ1v) is 8.06. The molecule has 0 fully saturated rings. The molecule has 1 amide bonds. The fourth-order valence-electron chi connectivity index (χ4n) is 2.94. The van der Waals surface area contributed by atoms with Crippen molar-refractivity contribution in [3.8, 4) is 17.2 Å². The summed E-state index contributed by atoms with van der Waals surface area (Å²) in [6, 6.07) is 11.2. The Morgan fingerprint density at radius 3 is 2.84 bits per heavy atom. The number of aromatic amines is 1. The van der Waals surface area contributed by atoms with Crippen LogP contribution in [0.15, 0.2) is 42.6 Å². The Morgan fingerprint density at radius 2 is 2.00 bits per heavy atom. The summed E-state index contributed by atoms with van der Waals surface area (Å²) in [5.74, 6) is 2.05. The van der Waals surface area contributed by atoms with Gasteiger partial charge in [0.25, 0.3) is 0 Å². The van der Waals surface area contributed by atoms with Crippen LogP contribution >= 0.6 is 0 Å². The molecule has 6 nitrogen and oxygen atoms in total. The second kappa shape index (κ2) is 6.39. The van der Waals surface area contributed by atoms with Crippen LogP contribution in [0, 0.1) is 0 Å². The predicted octanol–water partition coefficient (Wildman–Crippen LogP) is 3.13. The highest BCUT2D eigenvalue weighted by Gasteiger charge is 2.14. The molecule has 0 bridgehead atoms. The lowest BCUT2D eigenvalue weighted by molar-refractivity contribution is -0.115. The second-order valence-electron chi connectivity index (χ2n) is 5.81. The summed E-state index contributed by atoms with van der Waals surface area (Å²) in [4.78, 5) is 15.6. The number of nitrogens with one attached hydrogen (secondary N) is 2. The number of fused-ring (bicyclic) bond motifs is 2. The summed E-state index contributed by atoms with van der Waals surface area (Å²) >= 11 is 0. The Morgan fingerprint density at radius 1 is 1.16 bits per heavy atom. The van der Waals surface area contributed by atoms with Gasteiger partial charge in [0.15, 0.2) is 11.5 Å². The van der Waals surface area contributed by atoms with E-state index in [4.69, 9.17) is 14.2 Å². The molecule has 2 aromatic carbocycles. The predicted molar refractivity (Wildman–Crippen MR) is 94.6 cm³/mol. The zero-order valence-electron chi connectivity index (χ0n) is 13.8. The maximum absolute atomic E-state index is 12.4. The van der Waals surface area contributed by atoms with Crippen molar-refractivity contribution < 1.29 is 19.0 Å². The number of carbonyl (C=O) groups is 1. The Balaban J connectivity index is 1.49. The molecular weight excluding hydrogens is 320 g/mol. The van der Waals surface area contributed by atoms with Gasteiger partial charge in [-0.15, -0.1) is 0 Å². The van der Waals surface area contributed by atoms with E-state index in [-0.39, 0.29) is 12.3 Å². The third-order valence-electron chi connectivity index (χ3n) is 4.15. The highest BCUT2D eigenvalue weighted by molar-refractivity contribution is 5.96. The third-order valence-corrected chi connectivity index (χ3v) is 4.15. The standard InChI is InChI=1S/C19H18N2O4/c1-23-14-3-4-15-12(11-20-16(15)10-14)8-19(22)21-13-2-5-17-18(9-13)25-7-6-24-17/h2-5,9-11,20H,6-8H2,1H3,(H,21,22). The van der Waals surface area contributed by atoms with Gasteiger partial charge in [0, 0.05) is 34.9 Å². The first-order chi connectivity index (χ1) is 12.2. The minimum absolute atomic E-state index is 0.0894. The average Bonchev–Trinajstić information content (AvgIpc) is 3.03. The molecule has 1 aromatic heterocycles. The number of rotatable bonds is 4. The van der Waals surface area contributed by atoms with E-state index in [0.29, 0.717) is 30.4 Å². The lowest BCUT2D eigenvalue weighted by Gasteiger charge is -2.19. The first kappa shape index (κ1) is 15.4. The van der Waals surface area contributed by atoms with Crippen LogP contribution in [0.2, 0.25) is 0 Å². The molecule has 1 aliphatic heterocycles. The molecule has 6 heteroatoms. The highest BCUT2D eigenvalue weighted by atomic mass is 16.6. The summed E-state index contributed by atoms with van der Waals surface area (Å²) in [5.41, 5.74) is 2.57. The number of ether oxygens (including phenoxy) is 3. The van der Waals surface area contributed by atoms with Crippen LogP contribution in [-0.2, 0) is 11.2 Å². The summed E-state index contributed by atoms with van der Waals surface area (Å²) in [6.45, 7) is 1.06. The molecule has 3 aromatic rings. The molecule has 0 aliphatic carbocycles. The number of methoxy groups -OCH3 is 1. The molecule has 0 saturated carbocycles. The van der Waals surface area contributed by atoms with Crippen molar-refractivity contribution in [1.82, 2.24) is 4.98 Å². The van der Waals surface area contributed by atoms with E-state index >= 15 is 0 Å². The molecule has 4 rings (SSSR count). The van der Waals surface area contributed by atoms with Crippen LogP contribution in [-0.4, -0.2) is 31.2 Å². The number of anilines is 1. The molecule has 0 unspecified atom stereocenters. The number of hydrogen-bond donors (Lipinski definition) is 2. The van der Waals surface area contributed by atoms with Crippen LogP contribution in [0.5, 0.6) is 17.2 Å². The van der Waals surface area contributed by atoms with E-state index in [1.165, 1.54) is 0 Å². The van der Waals surface area contributed by atoms with Gasteiger partial charge >= 0.3 is 0 Å². The molecule has 0 radical (unpaired) electrons. The van der Waals surface area contributed by atoms with E-state index in [0.717, 1.165) is 22.2 Å². The maximum atomic E-state index is 12.4. The van der Waals surface area contributed by atoms with Crippen LogP contribution < -0.4 is 19.5 Å². The Kier molecular flexibility index (Phi) is 3.93. The Hall–Kier alpha value is -3.15. The second-order valence-corrected chi connectivity index (χ2v) is 5.81. The lowest BCUT2D eigenvalue weighted by atomic mass is 10.1. The largest absolute Gasteiger partial charge is 0.497 e. The molecular formula is C19H18N2O4. The first-order valence-electron chi connectivity index (χ1n) is 8.06. The smallest absolute Gasteiger partial charge is 0.228 e. The molecule has 2 N–H and O–H groups in total. The zero-order chi connectivity index (χ0) is 17.2. The van der Waals surface area contributed by atoms with Gasteiger partial charge < -0.3 is 24.5 Å². The van der Waals surface area contributed by atoms with Crippen molar-refractivity contribution in [1.29, 1.82) is 0 Å². The molecule has 25 heavy (non-hydrogen) atoms. The number of H-pyrrole nitrogens is 1. The van der Waals surface area contributed by atoms with Gasteiger partial charge in [-0.25, -0.2) is 0 Å². The number of hydrogen-bond acceptors (Lipinski definition) is 4. The molecule has 1 aliphatic rings. The van der Waals surface area contributed by atoms with Crippen molar-refractivity contribution in [3.63, 3.8) is 0 Å². The SMILES string of the molecule is COc1ccc2c(CC(=O)Nc3ccc4c(c3)OCCO4)c[nH]c2c1. The van der Waals surface area contributed by atoms with Gasteiger partial charge in [-0.05, 0) is 29.8 Å². The van der Waals surface area contributed by atoms with Gasteiger partial charge in [0.2, 0.25) is 5.91 Å². The van der Waals surface area contributed by atoms with Crippen LogP contribution in [0.25, 0.3) is 10.9 Å². The van der Waals surface area contributed by atoms with E-state index in [2.05, 4.69) is 10.3 Å². The maximum Gasteiger partial charge on any atom is 0.228 e. The van der Waals surface area contributed by atoms with Crippen molar-refractivity contribution in [2.45, 2.75) is 6.42 Å². The lowest BCUT2D eigenvalue weighted by Crippen LogP contribution is -2.17. The normalized spacial score (nSPS) is 12.8. The fourth-order valence-corrected chi connectivity index (χ4v) is 2.94. The number of carbonyl (C=O) groups excluding carboxylic acids is 1. The van der Waals surface area contributed by atoms with Crippen LogP contribution in [0.4, 0.5) is 5.69 Å². The molecule has 128 valence electrons. The zero-order valence-corrected chi connectivity index (χ0v) is 13.8. The van der Waals surface area contributed by atoms with Crippen molar-refractivity contribution in [2.75, 3.05) is 25.6 Å². The minimum Gasteiger partial charge on any atom is -0.497 e. The highest BCUT2D eigenvalue weighted by Crippen LogP contribution is 2.32. The Labute approximate surface area is 144 Å². The van der Waals surface area contributed by atoms with E-state index in [1.54, 1.807) is 13.2 Å². The van der Waals surface area contributed by atoms with Gasteiger partial charge in [-0.1, -0.05) is 0 Å². The number of aromatic nitrogens is 1. The van der Waals surface area contributed by atoms with Gasteiger partial charge in [0.1, 0.15) is 19.0 Å². The average molecular weight is 338 g/mol. The van der Waals surface area contributed by atoms with Crippen molar-refractivity contribution in [3.05, 3.63) is 48.2 Å². The van der Waals surface area contributed by atoms with Crippen LogP contribution in [0.3, 0.4) is 0 Å². The van der Waals surface area contributed by atoms with E-state index in [9.17, 15) is 4.79 Å². The van der Waals surface area contributed by atoms with Gasteiger partial charge in [0.05, 0.1) is 13.5 Å². The fraction of sp³-hybridized carbons (Fsp3) is 0.211. The number of amides is 1. The van der Waals surface area contributed by atoms with Gasteiger partial charge in [-0.3, -0.25) is 4.79 Å². The number of benzene rings is 2. The molecule has 0 atom stereocenters. The summed E-state index contributed by atoms with van der Waals surface area (Å²) in [6.07, 6.45) is 2.13. The van der Waals surface area contributed by atoms with Crippen LogP contribution in [0.1, 0.15) is 5.56 Å². The van der Waals surface area contributed by atoms with E-state index < -0.39 is 0 Å².